The maximum Gasteiger partial charge on any atom is 0.280 e. The molecule has 26 heavy (non-hydrogen) atoms. The number of carbonyl (C=O) groups is 1. The van der Waals surface area contributed by atoms with Crippen LogP contribution in [0.25, 0.3) is 16.7 Å². The van der Waals surface area contributed by atoms with Crippen molar-refractivity contribution >= 4 is 35.0 Å². The van der Waals surface area contributed by atoms with E-state index in [0.29, 0.717) is 16.3 Å². The van der Waals surface area contributed by atoms with Crippen LogP contribution >= 0.6 is 11.6 Å². The summed E-state index contributed by atoms with van der Waals surface area (Å²) in [5.74, 6) is -0.131. The second kappa shape index (κ2) is 5.68. The summed E-state index contributed by atoms with van der Waals surface area (Å²) in [6.45, 7) is 0. The first-order chi connectivity index (χ1) is 12.7. The Bertz CT molecular complexity index is 1070. The van der Waals surface area contributed by atoms with Crippen LogP contribution in [0, 0.1) is 0 Å². The molecule has 5 rings (SSSR count). The van der Waals surface area contributed by atoms with Crippen LogP contribution in [0.5, 0.6) is 0 Å². The fourth-order valence-corrected chi connectivity index (χ4v) is 3.71. The summed E-state index contributed by atoms with van der Waals surface area (Å²) in [5.41, 5.74) is 6.70. The lowest BCUT2D eigenvalue weighted by Gasteiger charge is -2.13. The number of halogens is 1. The molecule has 0 unspecified atom stereocenters. The van der Waals surface area contributed by atoms with Gasteiger partial charge in [-0.15, -0.1) is 0 Å². The average Bonchev–Trinajstić information content (AvgIpc) is 3.20. The van der Waals surface area contributed by atoms with Crippen LogP contribution < -0.4 is 5.01 Å². The van der Waals surface area contributed by atoms with Crippen molar-refractivity contribution in [3.8, 4) is 11.1 Å². The molecule has 0 bridgehead atoms. The number of rotatable bonds is 1. The first kappa shape index (κ1) is 15.1. The number of nitrogens with zero attached hydrogens (tertiary/aromatic N) is 2. The van der Waals surface area contributed by atoms with Gasteiger partial charge in [-0.05, 0) is 46.5 Å². The van der Waals surface area contributed by atoms with E-state index >= 15 is 0 Å². The highest BCUT2D eigenvalue weighted by Gasteiger charge is 2.32. The summed E-state index contributed by atoms with van der Waals surface area (Å²) in [6, 6.07) is 23.4. The van der Waals surface area contributed by atoms with Gasteiger partial charge in [0.15, 0.2) is 0 Å². The Labute approximate surface area is 155 Å². The third-order valence-corrected chi connectivity index (χ3v) is 5.00. The Morgan fingerprint density at radius 2 is 1.27 bits per heavy atom. The molecular formula is C22H13ClN2O. The van der Waals surface area contributed by atoms with Crippen LogP contribution in [0.15, 0.2) is 83.5 Å². The fourth-order valence-electron chi connectivity index (χ4n) is 3.58. The summed E-state index contributed by atoms with van der Waals surface area (Å²) in [5, 5.41) is 6.39. The van der Waals surface area contributed by atoms with Gasteiger partial charge < -0.3 is 0 Å². The molecule has 2 aliphatic rings. The molecule has 0 atom stereocenters. The van der Waals surface area contributed by atoms with E-state index in [0.717, 1.165) is 27.8 Å². The Morgan fingerprint density at radius 1 is 0.731 bits per heavy atom. The van der Waals surface area contributed by atoms with Crippen molar-refractivity contribution in [2.24, 2.45) is 5.10 Å². The SMILES string of the molecule is O=C1C(=C2c3ccccc3-c3ccccc32)C=NN1c1ccc(Cl)cc1. The van der Waals surface area contributed by atoms with Crippen molar-refractivity contribution in [2.75, 3.05) is 5.01 Å². The van der Waals surface area contributed by atoms with E-state index < -0.39 is 0 Å². The minimum atomic E-state index is -0.131. The number of fused-ring (bicyclic) bond motifs is 3. The van der Waals surface area contributed by atoms with Crippen molar-refractivity contribution in [2.45, 2.75) is 0 Å². The lowest BCUT2D eigenvalue weighted by atomic mass is 9.98. The number of hydrogen-bond acceptors (Lipinski definition) is 2. The van der Waals surface area contributed by atoms with Gasteiger partial charge in [0.25, 0.3) is 5.91 Å². The van der Waals surface area contributed by atoms with Gasteiger partial charge in [0.1, 0.15) is 0 Å². The molecular weight excluding hydrogens is 344 g/mol. The molecule has 0 saturated heterocycles. The topological polar surface area (TPSA) is 32.7 Å². The minimum Gasteiger partial charge on any atom is -0.267 e. The van der Waals surface area contributed by atoms with Crippen LogP contribution in [0.1, 0.15) is 11.1 Å². The molecule has 4 heteroatoms. The number of hydrazone groups is 1. The van der Waals surface area contributed by atoms with Gasteiger partial charge >= 0.3 is 0 Å². The molecule has 1 aliphatic carbocycles. The molecule has 1 heterocycles. The van der Waals surface area contributed by atoms with Gasteiger partial charge in [-0.3, -0.25) is 4.79 Å². The quantitative estimate of drug-likeness (QED) is 0.434. The first-order valence-corrected chi connectivity index (χ1v) is 8.69. The van der Waals surface area contributed by atoms with Crippen LogP contribution in [-0.2, 0) is 4.79 Å². The molecule has 3 aromatic rings. The normalized spacial score (nSPS) is 14.8. The van der Waals surface area contributed by atoms with E-state index in [9.17, 15) is 4.79 Å². The van der Waals surface area contributed by atoms with E-state index in [4.69, 9.17) is 11.6 Å². The van der Waals surface area contributed by atoms with E-state index in [1.54, 1.807) is 30.5 Å². The van der Waals surface area contributed by atoms with Crippen molar-refractivity contribution in [3.63, 3.8) is 0 Å². The molecule has 0 N–H and O–H groups in total. The molecule has 0 spiro atoms. The molecule has 0 fully saturated rings. The second-order valence-corrected chi connectivity index (χ2v) is 6.65. The molecule has 3 aromatic carbocycles. The number of anilines is 1. The lowest BCUT2D eigenvalue weighted by molar-refractivity contribution is -0.114. The van der Waals surface area contributed by atoms with Gasteiger partial charge in [0, 0.05) is 10.6 Å². The van der Waals surface area contributed by atoms with Crippen LogP contribution in [0.3, 0.4) is 0 Å². The zero-order chi connectivity index (χ0) is 17.7. The van der Waals surface area contributed by atoms with Crippen molar-refractivity contribution in [1.82, 2.24) is 0 Å². The highest BCUT2D eigenvalue weighted by molar-refractivity contribution is 6.31. The summed E-state index contributed by atoms with van der Waals surface area (Å²) in [4.78, 5) is 13.1. The molecule has 1 amide bonds. The zero-order valence-corrected chi connectivity index (χ0v) is 14.4. The molecule has 124 valence electrons. The molecule has 0 radical (unpaired) electrons. The van der Waals surface area contributed by atoms with Gasteiger partial charge in [-0.1, -0.05) is 60.1 Å². The standard InChI is InChI=1S/C22H13ClN2O/c23-14-9-11-15(12-10-14)25-22(26)20(13-24-25)21-18-7-3-1-5-16(18)17-6-2-4-8-19(17)21/h1-13H. The van der Waals surface area contributed by atoms with E-state index in [2.05, 4.69) is 29.4 Å². The highest BCUT2D eigenvalue weighted by Crippen LogP contribution is 2.46. The number of hydrogen-bond donors (Lipinski definition) is 0. The van der Waals surface area contributed by atoms with Gasteiger partial charge in [0.05, 0.1) is 17.5 Å². The fraction of sp³-hybridized carbons (Fsp3) is 0. The Hall–Kier alpha value is -3.17. The Balaban J connectivity index is 1.68. The zero-order valence-electron chi connectivity index (χ0n) is 13.7. The largest absolute Gasteiger partial charge is 0.280 e. The Morgan fingerprint density at radius 3 is 1.85 bits per heavy atom. The molecule has 0 aromatic heterocycles. The van der Waals surface area contributed by atoms with Crippen molar-refractivity contribution < 1.29 is 4.79 Å². The van der Waals surface area contributed by atoms with Gasteiger partial charge in [0.2, 0.25) is 0 Å². The summed E-state index contributed by atoms with van der Waals surface area (Å²) in [7, 11) is 0. The van der Waals surface area contributed by atoms with Crippen LogP contribution in [0.2, 0.25) is 5.02 Å². The number of amides is 1. The summed E-state index contributed by atoms with van der Waals surface area (Å²) in [6.07, 6.45) is 1.66. The second-order valence-electron chi connectivity index (χ2n) is 6.22. The number of benzene rings is 3. The van der Waals surface area contributed by atoms with Gasteiger partial charge in [-0.2, -0.15) is 10.1 Å². The third kappa shape index (κ3) is 2.14. The smallest absolute Gasteiger partial charge is 0.267 e. The predicted molar refractivity (Wildman–Crippen MR) is 105 cm³/mol. The summed E-state index contributed by atoms with van der Waals surface area (Å²) >= 11 is 5.95. The Kier molecular flexibility index (Phi) is 3.30. The summed E-state index contributed by atoms with van der Waals surface area (Å²) < 4.78 is 0. The van der Waals surface area contributed by atoms with Crippen LogP contribution in [-0.4, -0.2) is 12.1 Å². The lowest BCUT2D eigenvalue weighted by Crippen LogP contribution is -2.21. The maximum absolute atomic E-state index is 13.1. The van der Waals surface area contributed by atoms with Crippen LogP contribution in [0.4, 0.5) is 5.69 Å². The molecule has 3 nitrogen and oxygen atoms in total. The van der Waals surface area contributed by atoms with E-state index in [1.165, 1.54) is 5.01 Å². The van der Waals surface area contributed by atoms with E-state index in [1.807, 2.05) is 24.3 Å². The monoisotopic (exact) mass is 356 g/mol. The number of carbonyl (C=O) groups excluding carboxylic acids is 1. The first-order valence-electron chi connectivity index (χ1n) is 8.31. The third-order valence-electron chi connectivity index (χ3n) is 4.75. The molecule has 0 saturated carbocycles. The average molecular weight is 357 g/mol. The van der Waals surface area contributed by atoms with Crippen molar-refractivity contribution in [3.05, 3.63) is 94.5 Å². The maximum atomic E-state index is 13.1. The highest BCUT2D eigenvalue weighted by atomic mass is 35.5. The van der Waals surface area contributed by atoms with Crippen molar-refractivity contribution in [1.29, 1.82) is 0 Å². The molecule has 1 aliphatic heterocycles. The minimum absolute atomic E-state index is 0.131. The van der Waals surface area contributed by atoms with E-state index in [-0.39, 0.29) is 5.91 Å². The van der Waals surface area contributed by atoms with Gasteiger partial charge in [-0.25, -0.2) is 0 Å². The predicted octanol–water partition coefficient (Wildman–Crippen LogP) is 5.15.